The topological polar surface area (TPSA) is 37.3 Å². The molecule has 0 saturated heterocycles. The standard InChI is InChI=1S/C7H3BBrClO2/c8-4-1-3(7(10)12)2-5(9)6(4)11/h1-2,11H. The highest BCUT2D eigenvalue weighted by Gasteiger charge is 2.07. The van der Waals surface area contributed by atoms with Crippen LogP contribution in [0.4, 0.5) is 0 Å². The molecule has 1 rings (SSSR count). The maximum atomic E-state index is 10.7. The molecule has 1 N–H and O–H groups in total. The first-order chi connectivity index (χ1) is 5.52. The lowest BCUT2D eigenvalue weighted by atomic mass is 9.93. The first-order valence-electron chi connectivity index (χ1n) is 3.00. The summed E-state index contributed by atoms with van der Waals surface area (Å²) in [7, 11) is 5.37. The van der Waals surface area contributed by atoms with Crippen molar-refractivity contribution in [2.24, 2.45) is 0 Å². The number of phenolic OH excluding ortho intramolecular Hbond substituents is 1. The van der Waals surface area contributed by atoms with Crippen LogP contribution in [-0.2, 0) is 0 Å². The molecule has 0 aliphatic heterocycles. The third kappa shape index (κ3) is 1.82. The molecule has 1 aromatic rings. The van der Waals surface area contributed by atoms with E-state index in [0.717, 1.165) is 0 Å². The van der Waals surface area contributed by atoms with Gasteiger partial charge in [0.1, 0.15) is 13.6 Å². The maximum absolute atomic E-state index is 10.7. The number of rotatable bonds is 1. The van der Waals surface area contributed by atoms with Crippen LogP contribution in [-0.4, -0.2) is 18.2 Å². The number of hydrogen-bond donors (Lipinski definition) is 1. The Labute approximate surface area is 84.1 Å². The minimum Gasteiger partial charge on any atom is -0.507 e. The molecule has 0 amide bonds. The first-order valence-corrected chi connectivity index (χ1v) is 4.17. The molecule has 0 saturated carbocycles. The Hall–Kier alpha value is -0.475. The van der Waals surface area contributed by atoms with E-state index in [1.165, 1.54) is 12.1 Å². The molecule has 0 bridgehead atoms. The van der Waals surface area contributed by atoms with Crippen molar-refractivity contribution in [2.75, 3.05) is 0 Å². The van der Waals surface area contributed by atoms with Crippen LogP contribution in [0.2, 0.25) is 0 Å². The van der Waals surface area contributed by atoms with Crippen LogP contribution in [0.3, 0.4) is 0 Å². The molecule has 0 fully saturated rings. The number of carbonyl (C=O) groups excluding carboxylic acids is 1. The van der Waals surface area contributed by atoms with Crippen molar-refractivity contribution in [1.82, 2.24) is 0 Å². The zero-order chi connectivity index (χ0) is 9.30. The van der Waals surface area contributed by atoms with Gasteiger partial charge in [0.2, 0.25) is 0 Å². The predicted molar refractivity (Wildman–Crippen MR) is 51.4 cm³/mol. The fourth-order valence-electron chi connectivity index (χ4n) is 0.734. The van der Waals surface area contributed by atoms with Crippen LogP contribution in [0, 0.1) is 0 Å². The summed E-state index contributed by atoms with van der Waals surface area (Å²) in [6.45, 7) is 0. The van der Waals surface area contributed by atoms with Gasteiger partial charge in [-0.1, -0.05) is 11.5 Å². The highest BCUT2D eigenvalue weighted by Crippen LogP contribution is 2.22. The van der Waals surface area contributed by atoms with Crippen molar-refractivity contribution in [3.8, 4) is 5.75 Å². The summed E-state index contributed by atoms with van der Waals surface area (Å²) in [6.07, 6.45) is 0. The molecule has 2 nitrogen and oxygen atoms in total. The predicted octanol–water partition coefficient (Wildman–Crippen LogP) is 1.33. The number of aromatic hydroxyl groups is 1. The van der Waals surface area contributed by atoms with Gasteiger partial charge in [0.05, 0.1) is 4.47 Å². The summed E-state index contributed by atoms with van der Waals surface area (Å²) in [6, 6.07) is 2.72. The van der Waals surface area contributed by atoms with Gasteiger partial charge >= 0.3 is 0 Å². The van der Waals surface area contributed by atoms with E-state index >= 15 is 0 Å². The van der Waals surface area contributed by atoms with Gasteiger partial charge in [-0.3, -0.25) is 4.79 Å². The number of halogens is 2. The van der Waals surface area contributed by atoms with Crippen LogP contribution in [0.25, 0.3) is 0 Å². The summed E-state index contributed by atoms with van der Waals surface area (Å²) in [5, 5.41) is 8.58. The molecule has 60 valence electrons. The van der Waals surface area contributed by atoms with Gasteiger partial charge in [-0.25, -0.2) is 0 Å². The Bertz CT molecular complexity index is 317. The highest BCUT2D eigenvalue weighted by atomic mass is 79.9. The molecule has 5 heteroatoms. The number of benzene rings is 1. The van der Waals surface area contributed by atoms with Crippen LogP contribution in [0.5, 0.6) is 5.75 Å². The van der Waals surface area contributed by atoms with E-state index in [2.05, 4.69) is 15.9 Å². The molecule has 0 aliphatic carbocycles. The lowest BCUT2D eigenvalue weighted by molar-refractivity contribution is 0.108. The molecular weight excluding hydrogens is 242 g/mol. The van der Waals surface area contributed by atoms with E-state index in [1.54, 1.807) is 0 Å². The third-order valence-electron chi connectivity index (χ3n) is 1.32. The molecule has 12 heavy (non-hydrogen) atoms. The molecule has 2 radical (unpaired) electrons. The van der Waals surface area contributed by atoms with Crippen LogP contribution in [0.15, 0.2) is 16.6 Å². The number of hydrogen-bond acceptors (Lipinski definition) is 2. The lowest BCUT2D eigenvalue weighted by Gasteiger charge is -2.03. The normalized spacial score (nSPS) is 9.83. The van der Waals surface area contributed by atoms with Crippen molar-refractivity contribution in [2.45, 2.75) is 0 Å². The zero-order valence-corrected chi connectivity index (χ0v) is 8.19. The SMILES string of the molecule is [B]c1cc(C(=O)Cl)cc(Br)c1O. The Kier molecular flexibility index (Phi) is 2.80. The minimum absolute atomic E-state index is 0.0864. The second-order valence-corrected chi connectivity index (χ2v) is 3.37. The van der Waals surface area contributed by atoms with Crippen molar-refractivity contribution in [3.05, 3.63) is 22.2 Å². The van der Waals surface area contributed by atoms with Crippen LogP contribution < -0.4 is 5.46 Å². The molecule has 1 aromatic carbocycles. The summed E-state index contributed by atoms with van der Waals surface area (Å²) < 4.78 is 0.353. The fraction of sp³-hybridized carbons (Fsp3) is 0. The van der Waals surface area contributed by atoms with Gasteiger partial charge in [0.25, 0.3) is 5.24 Å². The summed E-state index contributed by atoms with van der Waals surface area (Å²) in [4.78, 5) is 10.7. The average Bonchev–Trinajstić information content (AvgIpc) is 1.99. The molecule has 0 aliphatic rings. The fourth-order valence-corrected chi connectivity index (χ4v) is 1.32. The van der Waals surface area contributed by atoms with Gasteiger partial charge in [-0.15, -0.1) is 0 Å². The van der Waals surface area contributed by atoms with E-state index < -0.39 is 5.24 Å². The van der Waals surface area contributed by atoms with E-state index in [9.17, 15) is 9.90 Å². The van der Waals surface area contributed by atoms with E-state index in [-0.39, 0.29) is 16.8 Å². The Balaban J connectivity index is 3.31. The monoisotopic (exact) mass is 244 g/mol. The highest BCUT2D eigenvalue weighted by molar-refractivity contribution is 9.10. The molecule has 0 heterocycles. The van der Waals surface area contributed by atoms with Crippen molar-refractivity contribution in [1.29, 1.82) is 0 Å². The van der Waals surface area contributed by atoms with Gasteiger partial charge < -0.3 is 5.11 Å². The van der Waals surface area contributed by atoms with Gasteiger partial charge in [0.15, 0.2) is 0 Å². The number of carbonyl (C=O) groups is 1. The zero-order valence-electron chi connectivity index (χ0n) is 5.84. The minimum atomic E-state index is -0.609. The Morgan fingerprint density at radius 1 is 1.58 bits per heavy atom. The summed E-state index contributed by atoms with van der Waals surface area (Å²) in [5.41, 5.74) is 0.368. The molecule has 0 atom stereocenters. The van der Waals surface area contributed by atoms with Crippen LogP contribution >= 0.6 is 27.5 Å². The smallest absolute Gasteiger partial charge is 0.252 e. The quantitative estimate of drug-likeness (QED) is 0.598. The molecule has 0 spiro atoms. The molecule has 0 aromatic heterocycles. The maximum Gasteiger partial charge on any atom is 0.252 e. The first kappa shape index (κ1) is 9.61. The largest absolute Gasteiger partial charge is 0.507 e. The second kappa shape index (κ2) is 3.50. The van der Waals surface area contributed by atoms with Crippen LogP contribution in [0.1, 0.15) is 10.4 Å². The summed E-state index contributed by atoms with van der Waals surface area (Å²) >= 11 is 8.23. The molecular formula is C7H3BBrClO2. The third-order valence-corrected chi connectivity index (χ3v) is 2.14. The Morgan fingerprint density at radius 2 is 2.17 bits per heavy atom. The Morgan fingerprint density at radius 3 is 2.58 bits per heavy atom. The number of phenols is 1. The summed E-state index contributed by atoms with van der Waals surface area (Å²) in [5.74, 6) is -0.0864. The van der Waals surface area contributed by atoms with Crippen molar-refractivity contribution in [3.63, 3.8) is 0 Å². The van der Waals surface area contributed by atoms with Crippen molar-refractivity contribution >= 4 is 46.1 Å². The second-order valence-electron chi connectivity index (χ2n) is 2.17. The van der Waals surface area contributed by atoms with Gasteiger partial charge in [-0.05, 0) is 33.6 Å². The molecule has 0 unspecified atom stereocenters. The van der Waals surface area contributed by atoms with E-state index in [1.807, 2.05) is 0 Å². The van der Waals surface area contributed by atoms with E-state index in [0.29, 0.717) is 4.47 Å². The average molecular weight is 245 g/mol. The van der Waals surface area contributed by atoms with Crippen molar-refractivity contribution < 1.29 is 9.90 Å². The van der Waals surface area contributed by atoms with Gasteiger partial charge in [0, 0.05) is 5.56 Å². The van der Waals surface area contributed by atoms with Gasteiger partial charge in [-0.2, -0.15) is 0 Å². The van der Waals surface area contributed by atoms with E-state index in [4.69, 9.17) is 19.4 Å². The lowest BCUT2D eigenvalue weighted by Crippen LogP contribution is -2.06.